The lowest BCUT2D eigenvalue weighted by Crippen LogP contribution is -2.57. The molecule has 10 nitrogen and oxygen atoms in total. The number of furan rings is 1. The Bertz CT molecular complexity index is 1600. The van der Waals surface area contributed by atoms with Crippen LogP contribution in [0.3, 0.4) is 0 Å². The summed E-state index contributed by atoms with van der Waals surface area (Å²) in [5.74, 6) is -0.713. The Morgan fingerprint density at radius 1 is 1.23 bits per heavy atom. The van der Waals surface area contributed by atoms with E-state index in [0.717, 1.165) is 6.26 Å². The highest BCUT2D eigenvalue weighted by Crippen LogP contribution is 2.35. The number of carbonyl (C=O) groups excluding carboxylic acids is 2. The van der Waals surface area contributed by atoms with Crippen molar-refractivity contribution in [3.8, 4) is 0 Å². The van der Waals surface area contributed by atoms with E-state index in [1.54, 1.807) is 6.07 Å². The van der Waals surface area contributed by atoms with Crippen molar-refractivity contribution >= 4 is 50.1 Å². The maximum atomic E-state index is 13.5. The van der Waals surface area contributed by atoms with Gasteiger partial charge in [-0.25, -0.2) is 23.0 Å². The Kier molecular flexibility index (Phi) is 7.12. The van der Waals surface area contributed by atoms with Crippen molar-refractivity contribution in [3.63, 3.8) is 0 Å². The van der Waals surface area contributed by atoms with Crippen LogP contribution in [0, 0.1) is 5.82 Å². The number of piperidine rings is 1. The standard InChI is InChI=1S/C26H26ClFN4O6S/c1-15(29-24(33)22-12-16-11-17(28)3-6-21(16)37-22)14-32-9-7-26(8-10-32)23(30-31-25(34)38-26)19-5-4-18(13-20(19)27)39(2,35)36/h3-6,11-13,15H,7-10,14H2,1-2H3,(H,29,33)(H,31,34)/t15-/m0/s1. The third-order valence-electron chi connectivity index (χ3n) is 6.88. The number of benzene rings is 2. The van der Waals surface area contributed by atoms with Crippen molar-refractivity contribution in [2.45, 2.75) is 36.3 Å². The van der Waals surface area contributed by atoms with Gasteiger partial charge in [-0.05, 0) is 43.3 Å². The van der Waals surface area contributed by atoms with Crippen molar-refractivity contribution in [1.29, 1.82) is 0 Å². The SMILES string of the molecule is C[C@@H](CN1CCC2(CC1)OC(=O)NN=C2c1ccc(S(C)(=O)=O)cc1Cl)NC(=O)c1cc2cc(F)ccc2o1. The van der Waals surface area contributed by atoms with E-state index >= 15 is 0 Å². The van der Waals surface area contributed by atoms with Gasteiger partial charge in [0.2, 0.25) is 0 Å². The van der Waals surface area contributed by atoms with Gasteiger partial charge in [-0.2, -0.15) is 5.10 Å². The van der Waals surface area contributed by atoms with Crippen LogP contribution in [0.2, 0.25) is 5.02 Å². The van der Waals surface area contributed by atoms with Crippen LogP contribution in [0.25, 0.3) is 11.0 Å². The van der Waals surface area contributed by atoms with E-state index in [2.05, 4.69) is 20.7 Å². The largest absolute Gasteiger partial charge is 0.451 e. The van der Waals surface area contributed by atoms with Gasteiger partial charge in [0.25, 0.3) is 5.91 Å². The summed E-state index contributed by atoms with van der Waals surface area (Å²) in [5, 5.41) is 7.84. The first-order valence-electron chi connectivity index (χ1n) is 12.2. The van der Waals surface area contributed by atoms with E-state index in [1.807, 2.05) is 6.92 Å². The summed E-state index contributed by atoms with van der Waals surface area (Å²) in [6, 6.07) is 9.69. The number of likely N-dealkylation sites (tertiary alicyclic amines) is 1. The minimum absolute atomic E-state index is 0.0762. The normalized spacial score (nSPS) is 18.4. The molecule has 1 saturated heterocycles. The average molecular weight is 577 g/mol. The van der Waals surface area contributed by atoms with Crippen LogP contribution < -0.4 is 10.7 Å². The summed E-state index contributed by atoms with van der Waals surface area (Å²) in [7, 11) is -3.45. The molecule has 3 heterocycles. The van der Waals surface area contributed by atoms with Crippen molar-refractivity contribution < 1.29 is 31.6 Å². The topological polar surface area (TPSA) is 130 Å². The molecule has 0 unspecified atom stereocenters. The number of halogens is 2. The minimum Gasteiger partial charge on any atom is -0.451 e. The molecule has 5 rings (SSSR count). The molecule has 1 spiro atoms. The second-order valence-electron chi connectivity index (χ2n) is 9.84. The lowest BCUT2D eigenvalue weighted by Gasteiger charge is -2.43. The highest BCUT2D eigenvalue weighted by Gasteiger charge is 2.46. The second kappa shape index (κ2) is 10.2. The van der Waals surface area contributed by atoms with E-state index < -0.39 is 33.3 Å². The number of nitrogens with one attached hydrogen (secondary N) is 2. The summed E-state index contributed by atoms with van der Waals surface area (Å²) in [6.07, 6.45) is 1.25. The molecule has 0 saturated carbocycles. The van der Waals surface area contributed by atoms with Gasteiger partial charge < -0.3 is 19.4 Å². The Balaban J connectivity index is 1.25. The fourth-order valence-corrected chi connectivity index (χ4v) is 5.95. The molecule has 1 aromatic heterocycles. The molecule has 2 aromatic carbocycles. The number of sulfone groups is 1. The molecule has 0 bridgehead atoms. The molecule has 2 aliphatic heterocycles. The molecule has 3 aromatic rings. The fourth-order valence-electron chi connectivity index (χ4n) is 4.97. The number of hydrazone groups is 1. The molecular formula is C26H26ClFN4O6S. The Morgan fingerprint density at radius 3 is 2.67 bits per heavy atom. The van der Waals surface area contributed by atoms with Gasteiger partial charge in [-0.3, -0.25) is 4.79 Å². The highest BCUT2D eigenvalue weighted by molar-refractivity contribution is 7.90. The molecule has 2 aliphatic rings. The first kappa shape index (κ1) is 27.1. The Hall–Kier alpha value is -3.48. The monoisotopic (exact) mass is 576 g/mol. The van der Waals surface area contributed by atoms with Crippen molar-refractivity contribution in [3.05, 3.63) is 64.6 Å². The van der Waals surface area contributed by atoms with Crippen LogP contribution in [0.1, 0.15) is 35.9 Å². The molecule has 2 amide bonds. The molecule has 0 aliphatic carbocycles. The van der Waals surface area contributed by atoms with Gasteiger partial charge in [0.1, 0.15) is 17.1 Å². The number of hydrogen-bond acceptors (Lipinski definition) is 8. The second-order valence-corrected chi connectivity index (χ2v) is 12.3. The summed E-state index contributed by atoms with van der Waals surface area (Å²) >= 11 is 6.45. The van der Waals surface area contributed by atoms with Gasteiger partial charge in [0.05, 0.1) is 9.92 Å². The van der Waals surface area contributed by atoms with Crippen LogP contribution in [0.15, 0.2) is 56.9 Å². The van der Waals surface area contributed by atoms with Crippen LogP contribution in [-0.2, 0) is 14.6 Å². The summed E-state index contributed by atoms with van der Waals surface area (Å²) in [5.41, 5.74) is 2.62. The maximum Gasteiger partial charge on any atom is 0.428 e. The smallest absolute Gasteiger partial charge is 0.428 e. The Labute approximate surface area is 229 Å². The lowest BCUT2D eigenvalue weighted by molar-refractivity contribution is 0.00486. The van der Waals surface area contributed by atoms with Gasteiger partial charge in [0.15, 0.2) is 21.2 Å². The molecular weight excluding hydrogens is 551 g/mol. The molecule has 0 radical (unpaired) electrons. The first-order chi connectivity index (χ1) is 18.4. The predicted molar refractivity (Wildman–Crippen MR) is 142 cm³/mol. The summed E-state index contributed by atoms with van der Waals surface area (Å²) in [6.45, 7) is 3.47. The fraction of sp³-hybridized carbons (Fsp3) is 0.346. The zero-order valence-corrected chi connectivity index (χ0v) is 22.7. The molecule has 2 N–H and O–H groups in total. The summed E-state index contributed by atoms with van der Waals surface area (Å²) in [4.78, 5) is 27.0. The van der Waals surface area contributed by atoms with Crippen LogP contribution in [0.5, 0.6) is 0 Å². The van der Waals surface area contributed by atoms with Gasteiger partial charge in [0, 0.05) is 55.7 Å². The Morgan fingerprint density at radius 2 is 1.97 bits per heavy atom. The predicted octanol–water partition coefficient (Wildman–Crippen LogP) is 3.73. The number of nitrogens with zero attached hydrogens (tertiary/aromatic N) is 2. The minimum atomic E-state index is -3.45. The van der Waals surface area contributed by atoms with Crippen molar-refractivity contribution in [2.24, 2.45) is 5.10 Å². The van der Waals surface area contributed by atoms with E-state index in [4.69, 9.17) is 20.8 Å². The molecule has 13 heteroatoms. The molecule has 1 atom stereocenters. The van der Waals surface area contributed by atoms with Crippen molar-refractivity contribution in [1.82, 2.24) is 15.6 Å². The quantitative estimate of drug-likeness (QED) is 0.457. The molecule has 1 fully saturated rings. The van der Waals surface area contributed by atoms with Crippen LogP contribution in [0.4, 0.5) is 9.18 Å². The van der Waals surface area contributed by atoms with E-state index in [1.165, 1.54) is 36.4 Å². The number of ether oxygens (including phenoxy) is 1. The van der Waals surface area contributed by atoms with Gasteiger partial charge >= 0.3 is 6.09 Å². The van der Waals surface area contributed by atoms with E-state index in [0.29, 0.717) is 54.7 Å². The lowest BCUT2D eigenvalue weighted by atomic mass is 9.82. The van der Waals surface area contributed by atoms with Gasteiger partial charge in [-0.15, -0.1) is 0 Å². The highest BCUT2D eigenvalue weighted by atomic mass is 35.5. The number of fused-ring (bicyclic) bond motifs is 1. The zero-order chi connectivity index (χ0) is 27.9. The number of rotatable bonds is 6. The van der Waals surface area contributed by atoms with Crippen LogP contribution in [-0.4, -0.2) is 68.6 Å². The maximum absolute atomic E-state index is 13.5. The van der Waals surface area contributed by atoms with Gasteiger partial charge in [-0.1, -0.05) is 17.7 Å². The van der Waals surface area contributed by atoms with Crippen LogP contribution >= 0.6 is 11.6 Å². The number of amides is 2. The van der Waals surface area contributed by atoms with E-state index in [-0.39, 0.29) is 21.7 Å². The summed E-state index contributed by atoms with van der Waals surface area (Å²) < 4.78 is 48.6. The zero-order valence-electron chi connectivity index (χ0n) is 21.2. The number of hydrogen-bond donors (Lipinski definition) is 2. The average Bonchev–Trinajstić information content (AvgIpc) is 3.29. The number of carbonyl (C=O) groups is 2. The van der Waals surface area contributed by atoms with Crippen molar-refractivity contribution in [2.75, 3.05) is 25.9 Å². The molecule has 206 valence electrons. The first-order valence-corrected chi connectivity index (χ1v) is 14.5. The van der Waals surface area contributed by atoms with E-state index in [9.17, 15) is 22.4 Å². The third kappa shape index (κ3) is 5.63. The molecule has 39 heavy (non-hydrogen) atoms. The third-order valence-corrected chi connectivity index (χ3v) is 8.30.